The van der Waals surface area contributed by atoms with Crippen molar-refractivity contribution in [2.75, 3.05) is 13.2 Å². The molecule has 0 aliphatic carbocycles. The lowest BCUT2D eigenvalue weighted by Gasteiger charge is -2.15. The molecule has 0 aromatic heterocycles. The molecule has 1 aromatic rings. The van der Waals surface area contributed by atoms with Crippen LogP contribution in [0.1, 0.15) is 32.3 Å². The van der Waals surface area contributed by atoms with Crippen LogP contribution in [0.2, 0.25) is 0 Å². The number of rotatable bonds is 7. The van der Waals surface area contributed by atoms with Crippen LogP contribution in [-0.2, 0) is 11.3 Å². The summed E-state index contributed by atoms with van der Waals surface area (Å²) in [5.41, 5.74) is 0.971. The standard InChI is InChI=1S/C17H26N2O3/c1-12(2)7-8-22-16-6-4-3-5-13(16)10-19-17(21)15-9-14(20)11-18-15/h3-6,12,14-15,18,20H,7-11H2,1-2H3,(H,19,21). The Morgan fingerprint density at radius 1 is 1.45 bits per heavy atom. The molecule has 1 fully saturated rings. The fourth-order valence-corrected chi connectivity index (χ4v) is 2.42. The van der Waals surface area contributed by atoms with Gasteiger partial charge in [0.1, 0.15) is 5.75 Å². The van der Waals surface area contributed by atoms with Gasteiger partial charge in [0.2, 0.25) is 5.91 Å². The zero-order chi connectivity index (χ0) is 15.9. The van der Waals surface area contributed by atoms with E-state index >= 15 is 0 Å². The molecule has 1 heterocycles. The SMILES string of the molecule is CC(C)CCOc1ccccc1CNC(=O)C1CC(O)CN1. The van der Waals surface area contributed by atoms with Gasteiger partial charge in [-0.2, -0.15) is 0 Å². The number of carbonyl (C=O) groups is 1. The van der Waals surface area contributed by atoms with Crippen LogP contribution in [0.25, 0.3) is 0 Å². The summed E-state index contributed by atoms with van der Waals surface area (Å²) in [6.45, 7) is 5.92. The minimum atomic E-state index is -0.428. The van der Waals surface area contributed by atoms with Gasteiger partial charge >= 0.3 is 0 Å². The fourth-order valence-electron chi connectivity index (χ4n) is 2.42. The second-order valence-electron chi connectivity index (χ2n) is 6.21. The first-order chi connectivity index (χ1) is 10.6. The first kappa shape index (κ1) is 16.8. The van der Waals surface area contributed by atoms with Crippen molar-refractivity contribution >= 4 is 5.91 Å². The van der Waals surface area contributed by atoms with Crippen molar-refractivity contribution in [2.24, 2.45) is 5.92 Å². The van der Waals surface area contributed by atoms with E-state index in [2.05, 4.69) is 24.5 Å². The number of aliphatic hydroxyl groups excluding tert-OH is 1. The molecular formula is C17H26N2O3. The molecule has 0 radical (unpaired) electrons. The van der Waals surface area contributed by atoms with Crippen LogP contribution in [0.5, 0.6) is 5.75 Å². The zero-order valence-electron chi connectivity index (χ0n) is 13.3. The lowest BCUT2D eigenvalue weighted by molar-refractivity contribution is -0.123. The average Bonchev–Trinajstić information content (AvgIpc) is 2.92. The largest absolute Gasteiger partial charge is 0.493 e. The molecule has 2 atom stereocenters. The summed E-state index contributed by atoms with van der Waals surface area (Å²) in [7, 11) is 0. The number of hydrogen-bond donors (Lipinski definition) is 3. The van der Waals surface area contributed by atoms with Crippen molar-refractivity contribution in [2.45, 2.75) is 45.4 Å². The van der Waals surface area contributed by atoms with Crippen molar-refractivity contribution in [1.82, 2.24) is 10.6 Å². The molecule has 1 amide bonds. The van der Waals surface area contributed by atoms with Gasteiger partial charge < -0.3 is 20.5 Å². The van der Waals surface area contributed by atoms with E-state index in [-0.39, 0.29) is 11.9 Å². The number of β-amino-alcohol motifs (C(OH)–C–C–N with tert-alkyl or cyclic N) is 1. The Bertz CT molecular complexity index is 491. The first-order valence-corrected chi connectivity index (χ1v) is 7.96. The van der Waals surface area contributed by atoms with Gasteiger partial charge in [-0.3, -0.25) is 4.79 Å². The summed E-state index contributed by atoms with van der Waals surface area (Å²) in [6.07, 6.45) is 1.05. The van der Waals surface area contributed by atoms with Gasteiger partial charge in [0, 0.05) is 18.7 Å². The summed E-state index contributed by atoms with van der Waals surface area (Å²) in [5, 5.41) is 15.4. The third-order valence-electron chi connectivity index (χ3n) is 3.80. The van der Waals surface area contributed by atoms with E-state index in [9.17, 15) is 9.90 Å². The van der Waals surface area contributed by atoms with Crippen molar-refractivity contribution < 1.29 is 14.6 Å². The second kappa shape index (κ2) is 8.15. The van der Waals surface area contributed by atoms with E-state index in [1.165, 1.54) is 0 Å². The molecule has 122 valence electrons. The molecule has 0 spiro atoms. The smallest absolute Gasteiger partial charge is 0.237 e. The van der Waals surface area contributed by atoms with Crippen LogP contribution >= 0.6 is 0 Å². The highest BCUT2D eigenvalue weighted by atomic mass is 16.5. The van der Waals surface area contributed by atoms with Gasteiger partial charge in [0.15, 0.2) is 0 Å². The number of para-hydroxylation sites is 1. The summed E-state index contributed by atoms with van der Waals surface area (Å²) < 4.78 is 5.82. The number of nitrogens with one attached hydrogen (secondary N) is 2. The molecule has 1 saturated heterocycles. The highest BCUT2D eigenvalue weighted by molar-refractivity contribution is 5.82. The predicted molar refractivity (Wildman–Crippen MR) is 85.7 cm³/mol. The number of ether oxygens (including phenoxy) is 1. The van der Waals surface area contributed by atoms with Crippen molar-refractivity contribution in [3.05, 3.63) is 29.8 Å². The van der Waals surface area contributed by atoms with Gasteiger partial charge in [-0.1, -0.05) is 32.0 Å². The molecule has 0 bridgehead atoms. The van der Waals surface area contributed by atoms with E-state index in [1.807, 2.05) is 24.3 Å². The fraction of sp³-hybridized carbons (Fsp3) is 0.588. The number of amides is 1. The van der Waals surface area contributed by atoms with E-state index < -0.39 is 6.10 Å². The Balaban J connectivity index is 1.85. The first-order valence-electron chi connectivity index (χ1n) is 7.96. The van der Waals surface area contributed by atoms with Crippen LogP contribution in [0.3, 0.4) is 0 Å². The van der Waals surface area contributed by atoms with Crippen LogP contribution in [0.4, 0.5) is 0 Å². The van der Waals surface area contributed by atoms with E-state index in [0.717, 1.165) is 17.7 Å². The maximum Gasteiger partial charge on any atom is 0.237 e. The van der Waals surface area contributed by atoms with Crippen molar-refractivity contribution in [1.29, 1.82) is 0 Å². The maximum atomic E-state index is 12.1. The Morgan fingerprint density at radius 3 is 2.91 bits per heavy atom. The normalized spacial score (nSPS) is 21.1. The molecular weight excluding hydrogens is 280 g/mol. The average molecular weight is 306 g/mol. The number of carbonyl (C=O) groups excluding carboxylic acids is 1. The molecule has 3 N–H and O–H groups in total. The minimum Gasteiger partial charge on any atom is -0.493 e. The third kappa shape index (κ3) is 5.00. The van der Waals surface area contributed by atoms with E-state index in [0.29, 0.717) is 32.0 Å². The molecule has 1 aliphatic heterocycles. The van der Waals surface area contributed by atoms with Crippen LogP contribution in [0, 0.1) is 5.92 Å². The highest BCUT2D eigenvalue weighted by Crippen LogP contribution is 2.18. The minimum absolute atomic E-state index is 0.0754. The quantitative estimate of drug-likeness (QED) is 0.713. The van der Waals surface area contributed by atoms with Crippen molar-refractivity contribution in [3.63, 3.8) is 0 Å². The topological polar surface area (TPSA) is 70.6 Å². The summed E-state index contributed by atoms with van der Waals surface area (Å²) in [5.74, 6) is 1.35. The lowest BCUT2D eigenvalue weighted by Crippen LogP contribution is -2.40. The number of benzene rings is 1. The lowest BCUT2D eigenvalue weighted by atomic mass is 10.1. The predicted octanol–water partition coefficient (Wildman–Crippen LogP) is 1.45. The monoisotopic (exact) mass is 306 g/mol. The van der Waals surface area contributed by atoms with Gasteiger partial charge in [0.05, 0.1) is 18.8 Å². The van der Waals surface area contributed by atoms with Crippen LogP contribution < -0.4 is 15.4 Å². The molecule has 1 aromatic carbocycles. The molecule has 1 aliphatic rings. The number of hydrogen-bond acceptors (Lipinski definition) is 4. The summed E-state index contributed by atoms with van der Waals surface area (Å²) in [6, 6.07) is 7.46. The number of aliphatic hydroxyl groups is 1. The summed E-state index contributed by atoms with van der Waals surface area (Å²) >= 11 is 0. The molecule has 5 nitrogen and oxygen atoms in total. The van der Waals surface area contributed by atoms with Gasteiger partial charge in [0.25, 0.3) is 0 Å². The molecule has 5 heteroatoms. The van der Waals surface area contributed by atoms with Gasteiger partial charge in [-0.05, 0) is 24.8 Å². The third-order valence-corrected chi connectivity index (χ3v) is 3.80. The second-order valence-corrected chi connectivity index (χ2v) is 6.21. The van der Waals surface area contributed by atoms with Gasteiger partial charge in [-0.25, -0.2) is 0 Å². The molecule has 0 saturated carbocycles. The van der Waals surface area contributed by atoms with Crippen LogP contribution in [0.15, 0.2) is 24.3 Å². The summed E-state index contributed by atoms with van der Waals surface area (Å²) in [4.78, 5) is 12.1. The van der Waals surface area contributed by atoms with E-state index in [1.54, 1.807) is 0 Å². The molecule has 2 rings (SSSR count). The maximum absolute atomic E-state index is 12.1. The van der Waals surface area contributed by atoms with Crippen molar-refractivity contribution in [3.8, 4) is 5.75 Å². The Morgan fingerprint density at radius 2 is 2.23 bits per heavy atom. The Kier molecular flexibility index (Phi) is 6.21. The Hall–Kier alpha value is -1.59. The van der Waals surface area contributed by atoms with E-state index in [4.69, 9.17) is 4.74 Å². The zero-order valence-corrected chi connectivity index (χ0v) is 13.3. The van der Waals surface area contributed by atoms with Crippen LogP contribution in [-0.4, -0.2) is 36.3 Å². The molecule has 22 heavy (non-hydrogen) atoms. The van der Waals surface area contributed by atoms with Gasteiger partial charge in [-0.15, -0.1) is 0 Å². The Labute approximate surface area is 132 Å². The molecule has 2 unspecified atom stereocenters. The highest BCUT2D eigenvalue weighted by Gasteiger charge is 2.27.